The molecule has 0 saturated heterocycles. The molecule has 0 atom stereocenters. The first-order valence-corrected chi connectivity index (χ1v) is 7.07. The minimum atomic E-state index is -1.18. The minimum Gasteiger partial charge on any atom is -0.463 e. The van der Waals surface area contributed by atoms with Gasteiger partial charge in [0.1, 0.15) is 9.52 Å². The van der Waals surface area contributed by atoms with Crippen LogP contribution >= 0.6 is 0 Å². The van der Waals surface area contributed by atoms with E-state index < -0.39 is 21.2 Å². The van der Waals surface area contributed by atoms with E-state index in [1.54, 1.807) is 0 Å². The highest BCUT2D eigenvalue weighted by Gasteiger charge is 2.34. The average Bonchev–Trinajstić information content (AvgIpc) is 2.18. The summed E-state index contributed by atoms with van der Waals surface area (Å²) in [4.78, 5) is 15.8. The molecule has 0 unspecified atom stereocenters. The van der Waals surface area contributed by atoms with Gasteiger partial charge >= 0.3 is 6.09 Å². The van der Waals surface area contributed by atoms with Gasteiger partial charge in [-0.15, -0.1) is 0 Å². The van der Waals surface area contributed by atoms with E-state index in [4.69, 9.17) is 19.4 Å². The van der Waals surface area contributed by atoms with Crippen LogP contribution in [-0.4, -0.2) is 51.6 Å². The molecule has 1 amide bonds. The van der Waals surface area contributed by atoms with Crippen LogP contribution in [0.4, 0.5) is 4.79 Å². The lowest BCUT2D eigenvalue weighted by Gasteiger charge is -2.33. The van der Waals surface area contributed by atoms with Gasteiger partial charge in [-0.2, -0.15) is 5.06 Å². The fourth-order valence-electron chi connectivity index (χ4n) is 1.05. The molecule has 90 valence electrons. The van der Waals surface area contributed by atoms with Crippen molar-refractivity contribution in [2.45, 2.75) is 26.0 Å². The third-order valence-electron chi connectivity index (χ3n) is 1.71. The van der Waals surface area contributed by atoms with E-state index >= 15 is 0 Å². The maximum atomic E-state index is 10.6. The number of hydrogen-bond acceptors (Lipinski definition) is 4. The van der Waals surface area contributed by atoms with Gasteiger partial charge in [0.2, 0.25) is 0 Å². The molecule has 0 spiro atoms. The van der Waals surface area contributed by atoms with Gasteiger partial charge < -0.3 is 14.6 Å². The zero-order valence-electron chi connectivity index (χ0n) is 9.65. The molecule has 15 heavy (non-hydrogen) atoms. The SMILES string of the molecule is CCOC(OCC)(ON(C)C(=O)O)[SiH2]C. The highest BCUT2D eigenvalue weighted by Crippen LogP contribution is 2.15. The second-order valence-corrected chi connectivity index (χ2v) is 4.35. The summed E-state index contributed by atoms with van der Waals surface area (Å²) in [6, 6.07) is 0. The number of ether oxygens (including phenoxy) is 2. The van der Waals surface area contributed by atoms with Gasteiger partial charge in [0.05, 0.1) is 0 Å². The van der Waals surface area contributed by atoms with Crippen LogP contribution in [0.1, 0.15) is 13.8 Å². The molecular formula is C8H19NO5Si. The lowest BCUT2D eigenvalue weighted by molar-refractivity contribution is -0.386. The zero-order valence-corrected chi connectivity index (χ0v) is 11.1. The number of hydrogen-bond donors (Lipinski definition) is 1. The van der Waals surface area contributed by atoms with E-state index in [-0.39, 0.29) is 0 Å². The van der Waals surface area contributed by atoms with E-state index in [1.807, 2.05) is 20.4 Å². The minimum absolute atomic E-state index is 0.411. The summed E-state index contributed by atoms with van der Waals surface area (Å²) in [7, 11) is 0.457. The molecule has 0 aromatic rings. The Bertz CT molecular complexity index is 195. The molecule has 0 rings (SSSR count). The fraction of sp³-hybridized carbons (Fsp3) is 0.875. The topological polar surface area (TPSA) is 68.2 Å². The monoisotopic (exact) mass is 237 g/mol. The zero-order chi connectivity index (χ0) is 11.9. The first-order chi connectivity index (χ1) is 7.01. The number of hydroxylamine groups is 2. The number of carboxylic acid groups (broad SMARTS) is 1. The van der Waals surface area contributed by atoms with Crippen molar-refractivity contribution in [2.24, 2.45) is 0 Å². The van der Waals surface area contributed by atoms with Crippen molar-refractivity contribution in [3.8, 4) is 0 Å². The van der Waals surface area contributed by atoms with Crippen LogP contribution in [0.3, 0.4) is 0 Å². The fourth-order valence-corrected chi connectivity index (χ4v) is 2.19. The summed E-state index contributed by atoms with van der Waals surface area (Å²) in [6.07, 6.45) is -1.18. The van der Waals surface area contributed by atoms with Gasteiger partial charge in [-0.25, -0.2) is 9.63 Å². The first kappa shape index (κ1) is 14.4. The van der Waals surface area contributed by atoms with Gasteiger partial charge in [0.15, 0.2) is 0 Å². The van der Waals surface area contributed by atoms with Crippen LogP contribution in [0.15, 0.2) is 0 Å². The van der Waals surface area contributed by atoms with Crippen molar-refractivity contribution in [1.82, 2.24) is 5.06 Å². The average molecular weight is 237 g/mol. The molecule has 7 heteroatoms. The molecule has 1 N–H and O–H groups in total. The van der Waals surface area contributed by atoms with Gasteiger partial charge in [-0.1, -0.05) is 6.55 Å². The first-order valence-electron chi connectivity index (χ1n) is 4.95. The Morgan fingerprint density at radius 2 is 1.87 bits per heavy atom. The van der Waals surface area contributed by atoms with Crippen LogP contribution in [0, 0.1) is 0 Å². The summed E-state index contributed by atoms with van der Waals surface area (Å²) in [5, 5.41) is 9.39. The van der Waals surface area contributed by atoms with E-state index in [0.29, 0.717) is 18.3 Å². The predicted octanol–water partition coefficient (Wildman–Crippen LogP) is 0.429. The summed E-state index contributed by atoms with van der Waals surface area (Å²) in [5.74, 6) is 0. The quantitative estimate of drug-likeness (QED) is 0.395. The molecule has 0 fully saturated rings. The number of carbonyl (C=O) groups is 1. The van der Waals surface area contributed by atoms with E-state index in [1.165, 1.54) is 7.05 Å². The second-order valence-electron chi connectivity index (χ2n) is 2.77. The highest BCUT2D eigenvalue weighted by atomic mass is 28.2. The third kappa shape index (κ3) is 4.60. The van der Waals surface area contributed by atoms with Crippen molar-refractivity contribution < 1.29 is 24.2 Å². The molecule has 0 aliphatic rings. The molecule has 0 heterocycles. The molecule has 0 radical (unpaired) electrons. The smallest absolute Gasteiger partial charge is 0.431 e. The molecule has 0 aromatic heterocycles. The Morgan fingerprint density at radius 3 is 2.13 bits per heavy atom. The number of nitrogens with zero attached hydrogens (tertiary/aromatic N) is 1. The molecule has 0 aliphatic heterocycles. The summed E-state index contributed by atoms with van der Waals surface area (Å²) in [5.41, 5.74) is -1.17. The normalized spacial score (nSPS) is 12.3. The van der Waals surface area contributed by atoms with Crippen molar-refractivity contribution >= 4 is 15.6 Å². The largest absolute Gasteiger partial charge is 0.463 e. The van der Waals surface area contributed by atoms with E-state index in [2.05, 4.69) is 0 Å². The van der Waals surface area contributed by atoms with Crippen molar-refractivity contribution in [3.63, 3.8) is 0 Å². The van der Waals surface area contributed by atoms with Gasteiger partial charge in [-0.3, -0.25) is 0 Å². The summed E-state index contributed by atoms with van der Waals surface area (Å²) >= 11 is 0. The molecule has 0 saturated carbocycles. The maximum Gasteiger partial charge on any atom is 0.431 e. The third-order valence-corrected chi connectivity index (χ3v) is 3.11. The van der Waals surface area contributed by atoms with Crippen molar-refractivity contribution in [3.05, 3.63) is 0 Å². The lowest BCUT2D eigenvalue weighted by atomic mass is 10.8. The maximum absolute atomic E-state index is 10.6. The Kier molecular flexibility index (Phi) is 6.49. The van der Waals surface area contributed by atoms with Crippen LogP contribution in [0.25, 0.3) is 0 Å². The van der Waals surface area contributed by atoms with E-state index in [0.717, 1.165) is 0 Å². The van der Waals surface area contributed by atoms with Crippen LogP contribution < -0.4 is 0 Å². The molecule has 0 bridgehead atoms. The van der Waals surface area contributed by atoms with Gasteiger partial charge in [-0.05, 0) is 13.8 Å². The molecule has 6 nitrogen and oxygen atoms in total. The second kappa shape index (κ2) is 6.78. The van der Waals surface area contributed by atoms with Crippen LogP contribution in [0.5, 0.6) is 0 Å². The number of amides is 1. The van der Waals surface area contributed by atoms with Crippen molar-refractivity contribution in [2.75, 3.05) is 20.3 Å². The Morgan fingerprint density at radius 1 is 1.40 bits per heavy atom. The Labute approximate surface area is 91.9 Å². The van der Waals surface area contributed by atoms with E-state index in [9.17, 15) is 4.79 Å². The highest BCUT2D eigenvalue weighted by molar-refractivity contribution is 6.36. The van der Waals surface area contributed by atoms with Gasteiger partial charge in [0, 0.05) is 20.3 Å². The van der Waals surface area contributed by atoms with Crippen molar-refractivity contribution in [1.29, 1.82) is 0 Å². The molecular weight excluding hydrogens is 218 g/mol. The standard InChI is InChI=1S/C8H19NO5Si/c1-5-12-8(15-4,13-6-2)14-9(3)7(10)11/h5-6,15H2,1-4H3,(H,10,11). The molecule has 0 aliphatic carbocycles. The lowest BCUT2D eigenvalue weighted by Crippen LogP contribution is -2.49. The van der Waals surface area contributed by atoms with Gasteiger partial charge in [0.25, 0.3) is 5.60 Å². The predicted molar refractivity (Wildman–Crippen MR) is 57.3 cm³/mol. The Hall–Kier alpha value is -0.633. The van der Waals surface area contributed by atoms with Crippen LogP contribution in [-0.2, 0) is 14.3 Å². The number of rotatable bonds is 7. The Balaban J connectivity index is 4.51. The summed E-state index contributed by atoms with van der Waals surface area (Å²) < 4.78 is 10.7. The molecule has 0 aromatic carbocycles. The van der Waals surface area contributed by atoms with Crippen LogP contribution in [0.2, 0.25) is 6.55 Å². The summed E-state index contributed by atoms with van der Waals surface area (Å²) in [6.45, 7) is 6.37.